The predicted octanol–water partition coefficient (Wildman–Crippen LogP) is 2.36. The van der Waals surface area contributed by atoms with Crippen LogP contribution in [0, 0.1) is 5.41 Å². The minimum atomic E-state index is 0.304. The zero-order valence-electron chi connectivity index (χ0n) is 9.96. The van der Waals surface area contributed by atoms with Gasteiger partial charge >= 0.3 is 0 Å². The summed E-state index contributed by atoms with van der Waals surface area (Å²) in [4.78, 5) is 0. The van der Waals surface area contributed by atoms with Crippen LogP contribution in [-0.2, 0) is 19.9 Å². The highest BCUT2D eigenvalue weighted by molar-refractivity contribution is 5.11. The smallest absolute Gasteiger partial charge is 0.0859 e. The lowest BCUT2D eigenvalue weighted by Gasteiger charge is -2.18. The molecule has 1 rings (SSSR count). The molecule has 0 aliphatic carbocycles. The SMILES string of the molecule is CCCc1nnn(C)c1CC(C)(C)C. The number of hydrogen-bond donors (Lipinski definition) is 0. The van der Waals surface area contributed by atoms with Crippen LogP contribution in [0.2, 0.25) is 0 Å². The van der Waals surface area contributed by atoms with Crippen LogP contribution in [0.4, 0.5) is 0 Å². The van der Waals surface area contributed by atoms with Gasteiger partial charge in [0.05, 0.1) is 11.4 Å². The van der Waals surface area contributed by atoms with E-state index < -0.39 is 0 Å². The van der Waals surface area contributed by atoms with Crippen LogP contribution in [0.5, 0.6) is 0 Å². The van der Waals surface area contributed by atoms with Crippen molar-refractivity contribution in [1.82, 2.24) is 15.0 Å². The molecular weight excluding hydrogens is 174 g/mol. The second-order valence-electron chi connectivity index (χ2n) is 5.09. The average Bonchev–Trinajstić information content (AvgIpc) is 2.34. The zero-order chi connectivity index (χ0) is 10.8. The van der Waals surface area contributed by atoms with E-state index in [2.05, 4.69) is 38.0 Å². The number of hydrogen-bond acceptors (Lipinski definition) is 2. The van der Waals surface area contributed by atoms with Crippen LogP contribution in [0.3, 0.4) is 0 Å². The molecule has 0 spiro atoms. The third-order valence-corrected chi connectivity index (χ3v) is 2.21. The molecule has 0 aliphatic heterocycles. The Balaban J connectivity index is 2.88. The Labute approximate surface area is 86.5 Å². The number of aryl methyl sites for hydroxylation is 2. The van der Waals surface area contributed by atoms with Gasteiger partial charge in [-0.1, -0.05) is 39.3 Å². The maximum Gasteiger partial charge on any atom is 0.0859 e. The van der Waals surface area contributed by atoms with Gasteiger partial charge in [0, 0.05) is 7.05 Å². The van der Waals surface area contributed by atoms with Gasteiger partial charge in [0.15, 0.2) is 0 Å². The summed E-state index contributed by atoms with van der Waals surface area (Å²) in [7, 11) is 1.98. The molecule has 0 aliphatic rings. The molecule has 1 aromatic heterocycles. The van der Waals surface area contributed by atoms with Gasteiger partial charge in [-0.3, -0.25) is 4.68 Å². The Morgan fingerprint density at radius 3 is 2.43 bits per heavy atom. The summed E-state index contributed by atoms with van der Waals surface area (Å²) in [5, 5.41) is 8.29. The standard InChI is InChI=1S/C11H21N3/c1-6-7-9-10(8-11(2,3)4)14(5)13-12-9/h6-8H2,1-5H3. The summed E-state index contributed by atoms with van der Waals surface area (Å²) in [6.07, 6.45) is 3.22. The van der Waals surface area contributed by atoms with Crippen molar-refractivity contribution in [2.24, 2.45) is 12.5 Å². The highest BCUT2D eigenvalue weighted by atomic mass is 15.4. The summed E-state index contributed by atoms with van der Waals surface area (Å²) in [6, 6.07) is 0. The molecule has 0 N–H and O–H groups in total. The molecule has 0 unspecified atom stereocenters. The molecule has 0 fully saturated rings. The van der Waals surface area contributed by atoms with E-state index in [-0.39, 0.29) is 0 Å². The van der Waals surface area contributed by atoms with Gasteiger partial charge in [0.2, 0.25) is 0 Å². The van der Waals surface area contributed by atoms with Crippen molar-refractivity contribution in [3.8, 4) is 0 Å². The second kappa shape index (κ2) is 4.11. The van der Waals surface area contributed by atoms with Crippen molar-refractivity contribution in [3.05, 3.63) is 11.4 Å². The van der Waals surface area contributed by atoms with Crippen LogP contribution < -0.4 is 0 Å². The normalized spacial score (nSPS) is 12.1. The van der Waals surface area contributed by atoms with E-state index in [9.17, 15) is 0 Å². The molecule has 0 radical (unpaired) electrons. The van der Waals surface area contributed by atoms with Crippen molar-refractivity contribution in [3.63, 3.8) is 0 Å². The first-order chi connectivity index (χ1) is 6.44. The lowest BCUT2D eigenvalue weighted by Crippen LogP contribution is -2.14. The van der Waals surface area contributed by atoms with E-state index >= 15 is 0 Å². The van der Waals surface area contributed by atoms with Crippen LogP contribution in [0.15, 0.2) is 0 Å². The van der Waals surface area contributed by atoms with Gasteiger partial charge in [-0.2, -0.15) is 0 Å². The molecule has 0 saturated carbocycles. The van der Waals surface area contributed by atoms with E-state index in [4.69, 9.17) is 0 Å². The van der Waals surface area contributed by atoms with Gasteiger partial charge in [0.25, 0.3) is 0 Å². The van der Waals surface area contributed by atoms with Crippen LogP contribution in [0.1, 0.15) is 45.5 Å². The Hall–Kier alpha value is -0.860. The van der Waals surface area contributed by atoms with Gasteiger partial charge in [0.1, 0.15) is 0 Å². The molecule has 14 heavy (non-hydrogen) atoms. The van der Waals surface area contributed by atoms with E-state index in [1.165, 1.54) is 11.4 Å². The van der Waals surface area contributed by atoms with Gasteiger partial charge in [-0.25, -0.2) is 0 Å². The minimum Gasteiger partial charge on any atom is -0.252 e. The van der Waals surface area contributed by atoms with Gasteiger partial charge in [-0.05, 0) is 18.3 Å². The number of rotatable bonds is 3. The average molecular weight is 195 g/mol. The molecule has 1 heterocycles. The van der Waals surface area contributed by atoms with E-state index in [1.54, 1.807) is 0 Å². The van der Waals surface area contributed by atoms with Gasteiger partial charge in [-0.15, -0.1) is 5.10 Å². The molecule has 0 amide bonds. The van der Waals surface area contributed by atoms with E-state index in [0.29, 0.717) is 5.41 Å². The summed E-state index contributed by atoms with van der Waals surface area (Å²) < 4.78 is 1.91. The highest BCUT2D eigenvalue weighted by Gasteiger charge is 2.18. The van der Waals surface area contributed by atoms with Crippen molar-refractivity contribution >= 4 is 0 Å². The van der Waals surface area contributed by atoms with Crippen molar-refractivity contribution < 1.29 is 0 Å². The van der Waals surface area contributed by atoms with Crippen LogP contribution >= 0.6 is 0 Å². The topological polar surface area (TPSA) is 30.7 Å². The Morgan fingerprint density at radius 2 is 1.93 bits per heavy atom. The van der Waals surface area contributed by atoms with Crippen LogP contribution in [-0.4, -0.2) is 15.0 Å². The molecule has 1 aromatic rings. The van der Waals surface area contributed by atoms with Crippen molar-refractivity contribution in [1.29, 1.82) is 0 Å². The first kappa shape index (κ1) is 11.2. The third kappa shape index (κ3) is 2.82. The Kier molecular flexibility index (Phi) is 3.29. The molecule has 80 valence electrons. The molecule has 0 atom stereocenters. The van der Waals surface area contributed by atoms with Gasteiger partial charge < -0.3 is 0 Å². The molecule has 0 aromatic carbocycles. The van der Waals surface area contributed by atoms with E-state index in [0.717, 1.165) is 19.3 Å². The summed E-state index contributed by atoms with van der Waals surface area (Å²) in [5.41, 5.74) is 2.77. The quantitative estimate of drug-likeness (QED) is 0.741. The van der Waals surface area contributed by atoms with Crippen molar-refractivity contribution in [2.75, 3.05) is 0 Å². The van der Waals surface area contributed by atoms with Crippen LogP contribution in [0.25, 0.3) is 0 Å². The fourth-order valence-corrected chi connectivity index (χ4v) is 1.57. The number of nitrogens with zero attached hydrogens (tertiary/aromatic N) is 3. The molecule has 0 bridgehead atoms. The monoisotopic (exact) mass is 195 g/mol. The summed E-state index contributed by atoms with van der Waals surface area (Å²) in [6.45, 7) is 8.91. The summed E-state index contributed by atoms with van der Waals surface area (Å²) >= 11 is 0. The second-order valence-corrected chi connectivity index (χ2v) is 5.09. The predicted molar refractivity (Wildman–Crippen MR) is 58.2 cm³/mol. The lowest BCUT2D eigenvalue weighted by atomic mass is 9.89. The Morgan fingerprint density at radius 1 is 1.29 bits per heavy atom. The van der Waals surface area contributed by atoms with Crippen molar-refractivity contribution in [2.45, 2.75) is 47.0 Å². The third-order valence-electron chi connectivity index (χ3n) is 2.21. The maximum atomic E-state index is 4.20. The minimum absolute atomic E-state index is 0.304. The first-order valence-corrected chi connectivity index (χ1v) is 5.31. The fourth-order valence-electron chi connectivity index (χ4n) is 1.57. The zero-order valence-corrected chi connectivity index (χ0v) is 9.96. The maximum absolute atomic E-state index is 4.20. The first-order valence-electron chi connectivity index (χ1n) is 5.31. The summed E-state index contributed by atoms with van der Waals surface area (Å²) in [5.74, 6) is 0. The molecule has 3 nitrogen and oxygen atoms in total. The van der Waals surface area contributed by atoms with E-state index in [1.807, 2.05) is 11.7 Å². The molecule has 3 heteroatoms. The number of aromatic nitrogens is 3. The lowest BCUT2D eigenvalue weighted by molar-refractivity contribution is 0.396. The molecule has 0 saturated heterocycles. The Bertz CT molecular complexity index is 294. The molecular formula is C11H21N3. The fraction of sp³-hybridized carbons (Fsp3) is 0.818. The largest absolute Gasteiger partial charge is 0.252 e. The highest BCUT2D eigenvalue weighted by Crippen LogP contribution is 2.22.